The van der Waals surface area contributed by atoms with Crippen molar-refractivity contribution in [3.05, 3.63) is 50.7 Å². The van der Waals surface area contributed by atoms with Gasteiger partial charge in [-0.05, 0) is 41.9 Å². The lowest BCUT2D eigenvalue weighted by Crippen LogP contribution is -2.21. The van der Waals surface area contributed by atoms with Gasteiger partial charge in [-0.25, -0.2) is 8.78 Å². The first-order chi connectivity index (χ1) is 11.0. The highest BCUT2D eigenvalue weighted by Crippen LogP contribution is 2.29. The highest BCUT2D eigenvalue weighted by atomic mass is 79.9. The minimum absolute atomic E-state index is 0.0483. The number of aromatic nitrogens is 1. The van der Waals surface area contributed by atoms with Crippen LogP contribution in [0, 0.1) is 23.5 Å². The molecule has 0 N–H and O–H groups in total. The van der Waals surface area contributed by atoms with Crippen LogP contribution in [-0.4, -0.2) is 11.2 Å². The summed E-state index contributed by atoms with van der Waals surface area (Å²) in [5.41, 5.74) is -0.427. The normalized spacial score (nSPS) is 10.1. The van der Waals surface area contributed by atoms with Crippen LogP contribution < -0.4 is 10.3 Å². The first-order valence-corrected chi connectivity index (χ1v) is 7.70. The third-order valence-corrected chi connectivity index (χ3v) is 3.81. The van der Waals surface area contributed by atoms with Crippen LogP contribution >= 0.6 is 15.9 Å². The summed E-state index contributed by atoms with van der Waals surface area (Å²) in [4.78, 5) is 12.1. The number of halogens is 3. The van der Waals surface area contributed by atoms with Crippen molar-refractivity contribution in [3.63, 3.8) is 0 Å². The Kier molecular flexibility index (Phi) is 5.56. The summed E-state index contributed by atoms with van der Waals surface area (Å²) in [6, 6.07) is 5.15. The van der Waals surface area contributed by atoms with E-state index in [9.17, 15) is 13.6 Å². The van der Waals surface area contributed by atoms with E-state index in [1.165, 1.54) is 16.7 Å². The van der Waals surface area contributed by atoms with E-state index in [2.05, 4.69) is 27.8 Å². The fourth-order valence-corrected chi connectivity index (χ4v) is 2.50. The lowest BCUT2D eigenvalue weighted by atomic mass is 10.1. The fourth-order valence-electron chi connectivity index (χ4n) is 2.15. The lowest BCUT2D eigenvalue weighted by molar-refractivity contribution is 0.365. The first-order valence-electron chi connectivity index (χ1n) is 6.90. The van der Waals surface area contributed by atoms with E-state index < -0.39 is 11.6 Å². The fraction of sp³-hybridized carbons (Fsp3) is 0.235. The van der Waals surface area contributed by atoms with Crippen LogP contribution in [0.25, 0.3) is 11.3 Å². The smallest absolute Gasteiger partial charge is 0.265 e. The van der Waals surface area contributed by atoms with Crippen molar-refractivity contribution >= 4 is 15.9 Å². The van der Waals surface area contributed by atoms with Crippen LogP contribution in [0.2, 0.25) is 0 Å². The molecule has 120 valence electrons. The summed E-state index contributed by atoms with van der Waals surface area (Å²) in [6.07, 6.45) is 0. The zero-order valence-electron chi connectivity index (χ0n) is 12.6. The van der Waals surface area contributed by atoms with E-state index in [0.717, 1.165) is 12.1 Å². The second-order valence-electron chi connectivity index (χ2n) is 4.59. The number of nitrogens with zero attached hydrogens (tertiary/aromatic N) is 1. The molecule has 0 bridgehead atoms. The second-order valence-corrected chi connectivity index (χ2v) is 5.45. The van der Waals surface area contributed by atoms with Gasteiger partial charge in [-0.15, -0.1) is 5.92 Å². The summed E-state index contributed by atoms with van der Waals surface area (Å²) in [5, 5.41) is 0. The summed E-state index contributed by atoms with van der Waals surface area (Å²) < 4.78 is 35.5. The topological polar surface area (TPSA) is 31.2 Å². The molecule has 0 radical (unpaired) electrons. The number of hydrogen-bond donors (Lipinski definition) is 0. The Morgan fingerprint density at radius 3 is 2.48 bits per heavy atom. The maximum atomic E-state index is 14.4. The van der Waals surface area contributed by atoms with Gasteiger partial charge < -0.3 is 9.30 Å². The van der Waals surface area contributed by atoms with Crippen molar-refractivity contribution in [2.45, 2.75) is 20.4 Å². The molecule has 0 atom stereocenters. The Morgan fingerprint density at radius 1 is 1.26 bits per heavy atom. The summed E-state index contributed by atoms with van der Waals surface area (Å²) >= 11 is 3.12. The monoisotopic (exact) mass is 381 g/mol. The molecule has 0 fully saturated rings. The van der Waals surface area contributed by atoms with Crippen LogP contribution in [0.5, 0.6) is 5.75 Å². The number of rotatable bonds is 4. The van der Waals surface area contributed by atoms with Crippen LogP contribution in [-0.2, 0) is 6.54 Å². The van der Waals surface area contributed by atoms with Crippen molar-refractivity contribution in [1.82, 2.24) is 4.57 Å². The Hall–Kier alpha value is -2.13. The highest BCUT2D eigenvalue weighted by Gasteiger charge is 2.18. The Labute approximate surface area is 141 Å². The molecule has 1 heterocycles. The average Bonchev–Trinajstić information content (AvgIpc) is 2.50. The average molecular weight is 382 g/mol. The van der Waals surface area contributed by atoms with Gasteiger partial charge in [0.2, 0.25) is 0 Å². The van der Waals surface area contributed by atoms with Crippen LogP contribution in [0.15, 0.2) is 33.5 Å². The lowest BCUT2D eigenvalue weighted by Gasteiger charge is -2.14. The van der Waals surface area contributed by atoms with Crippen molar-refractivity contribution < 1.29 is 13.5 Å². The molecular weight excluding hydrogens is 368 g/mol. The molecule has 2 aromatic rings. The van der Waals surface area contributed by atoms with Crippen molar-refractivity contribution in [3.8, 4) is 28.8 Å². The number of hydrogen-bond acceptors (Lipinski definition) is 2. The molecule has 0 aliphatic rings. The van der Waals surface area contributed by atoms with Crippen molar-refractivity contribution in [2.75, 3.05) is 6.61 Å². The third-order valence-electron chi connectivity index (χ3n) is 3.20. The maximum Gasteiger partial charge on any atom is 0.265 e. The Balaban J connectivity index is 2.54. The summed E-state index contributed by atoms with van der Waals surface area (Å²) in [6.45, 7) is 3.71. The van der Waals surface area contributed by atoms with Crippen molar-refractivity contribution in [1.29, 1.82) is 0 Å². The molecule has 0 unspecified atom stereocenters. The molecule has 0 aliphatic heterocycles. The van der Waals surface area contributed by atoms with Crippen LogP contribution in [0.4, 0.5) is 8.78 Å². The summed E-state index contributed by atoms with van der Waals surface area (Å²) in [5.74, 6) is 3.73. The minimum Gasteiger partial charge on any atom is -0.481 e. The first kappa shape index (κ1) is 17.2. The van der Waals surface area contributed by atoms with Crippen molar-refractivity contribution in [2.24, 2.45) is 0 Å². The molecule has 23 heavy (non-hydrogen) atoms. The molecule has 0 amide bonds. The molecule has 0 spiro atoms. The molecular formula is C17H14BrF2NO2. The molecule has 0 saturated heterocycles. The van der Waals surface area contributed by atoms with Gasteiger partial charge in [-0.2, -0.15) is 0 Å². The van der Waals surface area contributed by atoms with Gasteiger partial charge in [0, 0.05) is 18.7 Å². The number of pyridine rings is 1. The largest absolute Gasteiger partial charge is 0.481 e. The van der Waals surface area contributed by atoms with Gasteiger partial charge in [0.05, 0.1) is 15.7 Å². The van der Waals surface area contributed by atoms with Gasteiger partial charge in [0.1, 0.15) is 24.0 Å². The Bertz CT molecular complexity index is 827. The third kappa shape index (κ3) is 3.62. The molecule has 3 nitrogen and oxygen atoms in total. The molecule has 2 rings (SSSR count). The standard InChI is InChI=1S/C17H14BrF2NO2/c1-3-5-8-23-11-9-13(19)16(14(20)10-11)15-7-6-12(18)17(22)21(15)4-2/h6-7,9-10H,4,8H2,1-2H3. The Morgan fingerprint density at radius 2 is 1.91 bits per heavy atom. The van der Waals surface area contributed by atoms with Gasteiger partial charge in [-0.1, -0.05) is 5.92 Å². The zero-order valence-corrected chi connectivity index (χ0v) is 14.2. The van der Waals surface area contributed by atoms with E-state index in [1.54, 1.807) is 13.8 Å². The zero-order chi connectivity index (χ0) is 17.0. The predicted molar refractivity (Wildman–Crippen MR) is 88.4 cm³/mol. The molecule has 0 aliphatic carbocycles. The SMILES string of the molecule is CC#CCOc1cc(F)c(-c2ccc(Br)c(=O)n2CC)c(F)c1. The van der Waals surface area contributed by atoms with Crippen LogP contribution in [0.3, 0.4) is 0 Å². The molecule has 1 aromatic carbocycles. The minimum atomic E-state index is -0.798. The van der Waals surface area contributed by atoms with Gasteiger partial charge in [0.15, 0.2) is 0 Å². The molecule has 1 aromatic heterocycles. The van der Waals surface area contributed by atoms with E-state index in [1.807, 2.05) is 0 Å². The summed E-state index contributed by atoms with van der Waals surface area (Å²) in [7, 11) is 0. The second kappa shape index (κ2) is 7.42. The van der Waals surface area contributed by atoms with E-state index >= 15 is 0 Å². The highest BCUT2D eigenvalue weighted by molar-refractivity contribution is 9.10. The van der Waals surface area contributed by atoms with E-state index in [4.69, 9.17) is 4.74 Å². The maximum absolute atomic E-state index is 14.4. The van der Waals surface area contributed by atoms with Crippen LogP contribution in [0.1, 0.15) is 13.8 Å². The number of benzene rings is 1. The van der Waals surface area contributed by atoms with Gasteiger partial charge >= 0.3 is 0 Å². The molecule has 6 heteroatoms. The predicted octanol–water partition coefficient (Wildman–Crippen LogP) is 3.98. The quantitative estimate of drug-likeness (QED) is 0.750. The van der Waals surface area contributed by atoms with Gasteiger partial charge in [-0.3, -0.25) is 4.79 Å². The van der Waals surface area contributed by atoms with Gasteiger partial charge in [0.25, 0.3) is 5.56 Å². The number of ether oxygens (including phenoxy) is 1. The molecule has 0 saturated carbocycles. The van der Waals surface area contributed by atoms with E-state index in [-0.39, 0.29) is 35.7 Å². The van der Waals surface area contributed by atoms with E-state index in [0.29, 0.717) is 4.47 Å².